The van der Waals surface area contributed by atoms with Crippen molar-refractivity contribution in [2.75, 3.05) is 5.73 Å². The lowest BCUT2D eigenvalue weighted by atomic mass is 10.2. The van der Waals surface area contributed by atoms with Crippen LogP contribution in [0.4, 0.5) is 5.82 Å². The third-order valence-electron chi connectivity index (χ3n) is 2.35. The van der Waals surface area contributed by atoms with Gasteiger partial charge in [-0.15, -0.1) is 0 Å². The highest BCUT2D eigenvalue weighted by atomic mass is 15.3. The van der Waals surface area contributed by atoms with Crippen LogP contribution in [0.3, 0.4) is 0 Å². The van der Waals surface area contributed by atoms with Crippen LogP contribution >= 0.6 is 0 Å². The zero-order valence-corrected chi connectivity index (χ0v) is 8.81. The van der Waals surface area contributed by atoms with Crippen LogP contribution in [0, 0.1) is 6.92 Å². The summed E-state index contributed by atoms with van der Waals surface area (Å²) in [5.41, 5.74) is 8.38. The van der Waals surface area contributed by atoms with E-state index in [-0.39, 0.29) is 0 Å². The van der Waals surface area contributed by atoms with Crippen molar-refractivity contribution in [1.29, 1.82) is 0 Å². The Morgan fingerprint density at radius 1 is 1.27 bits per heavy atom. The van der Waals surface area contributed by atoms with Crippen molar-refractivity contribution in [2.24, 2.45) is 0 Å². The number of aromatic nitrogens is 4. The van der Waals surface area contributed by atoms with E-state index in [0.29, 0.717) is 5.82 Å². The molecule has 2 aromatic heterocycles. The van der Waals surface area contributed by atoms with E-state index in [4.69, 9.17) is 5.73 Å². The Labute approximate surface area is 88.0 Å². The zero-order valence-electron chi connectivity index (χ0n) is 8.81. The molecule has 0 spiro atoms. The van der Waals surface area contributed by atoms with E-state index in [2.05, 4.69) is 22.0 Å². The van der Waals surface area contributed by atoms with Crippen molar-refractivity contribution in [3.8, 4) is 11.3 Å². The average molecular weight is 203 g/mol. The molecular formula is C10H13N5. The first-order chi connectivity index (χ1) is 7.22. The number of hydrogen-bond donors (Lipinski definition) is 1. The Balaban J connectivity index is 2.45. The van der Waals surface area contributed by atoms with Crippen molar-refractivity contribution >= 4 is 5.82 Å². The zero-order chi connectivity index (χ0) is 10.8. The maximum atomic E-state index is 5.48. The first kappa shape index (κ1) is 9.64. The minimum Gasteiger partial charge on any atom is -0.382 e. The fraction of sp³-hybridized carbons (Fsp3) is 0.300. The summed E-state index contributed by atoms with van der Waals surface area (Å²) < 4.78 is 1.92. The van der Waals surface area contributed by atoms with E-state index >= 15 is 0 Å². The van der Waals surface area contributed by atoms with Crippen LogP contribution < -0.4 is 5.73 Å². The number of hydrogen-bond acceptors (Lipinski definition) is 4. The largest absolute Gasteiger partial charge is 0.382 e. The molecule has 0 aliphatic heterocycles. The molecule has 0 atom stereocenters. The molecular weight excluding hydrogens is 190 g/mol. The first-order valence-corrected chi connectivity index (χ1v) is 4.82. The lowest BCUT2D eigenvalue weighted by Gasteiger charge is -2.01. The van der Waals surface area contributed by atoms with Crippen LogP contribution in [0.1, 0.15) is 12.6 Å². The maximum Gasteiger partial charge on any atom is 0.141 e. The minimum atomic E-state index is 0.430. The van der Waals surface area contributed by atoms with Gasteiger partial charge in [-0.1, -0.05) is 0 Å². The summed E-state index contributed by atoms with van der Waals surface area (Å²) >= 11 is 0. The highest BCUT2D eigenvalue weighted by molar-refractivity contribution is 5.60. The average Bonchev–Trinajstić information content (AvgIpc) is 2.61. The van der Waals surface area contributed by atoms with Crippen LogP contribution in [0.25, 0.3) is 11.3 Å². The molecule has 15 heavy (non-hydrogen) atoms. The first-order valence-electron chi connectivity index (χ1n) is 4.82. The molecule has 2 aromatic rings. The van der Waals surface area contributed by atoms with Crippen LogP contribution in [0.5, 0.6) is 0 Å². The summed E-state index contributed by atoms with van der Waals surface area (Å²) in [6.07, 6.45) is 5.02. The van der Waals surface area contributed by atoms with Crippen molar-refractivity contribution in [3.05, 3.63) is 24.3 Å². The second kappa shape index (κ2) is 3.68. The van der Waals surface area contributed by atoms with Crippen molar-refractivity contribution in [2.45, 2.75) is 20.4 Å². The van der Waals surface area contributed by atoms with Gasteiger partial charge in [-0.25, -0.2) is 4.98 Å². The number of anilines is 1. The predicted octanol–water partition coefficient (Wildman–Crippen LogP) is 1.25. The second-order valence-electron chi connectivity index (χ2n) is 3.29. The van der Waals surface area contributed by atoms with Gasteiger partial charge in [-0.3, -0.25) is 9.67 Å². The summed E-state index contributed by atoms with van der Waals surface area (Å²) in [7, 11) is 0. The van der Waals surface area contributed by atoms with Gasteiger partial charge < -0.3 is 5.73 Å². The third kappa shape index (κ3) is 1.68. The second-order valence-corrected chi connectivity index (χ2v) is 3.29. The molecule has 0 unspecified atom stereocenters. The Morgan fingerprint density at radius 2 is 2.07 bits per heavy atom. The normalized spacial score (nSPS) is 10.5. The lowest BCUT2D eigenvalue weighted by molar-refractivity contribution is 0.640. The summed E-state index contributed by atoms with van der Waals surface area (Å²) in [5, 5.41) is 4.25. The van der Waals surface area contributed by atoms with Gasteiger partial charge in [0.15, 0.2) is 0 Å². The minimum absolute atomic E-state index is 0.430. The lowest BCUT2D eigenvalue weighted by Crippen LogP contribution is -1.99. The molecule has 5 nitrogen and oxygen atoms in total. The summed E-state index contributed by atoms with van der Waals surface area (Å²) in [5.74, 6) is 0.430. The number of nitrogens with zero attached hydrogens (tertiary/aromatic N) is 4. The van der Waals surface area contributed by atoms with Crippen LogP contribution in [-0.2, 0) is 6.54 Å². The number of aryl methyl sites for hydroxylation is 1. The maximum absolute atomic E-state index is 5.48. The quantitative estimate of drug-likeness (QED) is 0.797. The summed E-state index contributed by atoms with van der Waals surface area (Å²) in [6.45, 7) is 4.93. The predicted molar refractivity (Wildman–Crippen MR) is 58.1 cm³/mol. The van der Waals surface area contributed by atoms with Gasteiger partial charge in [0.25, 0.3) is 0 Å². The number of nitrogen functional groups attached to an aromatic ring is 1. The van der Waals surface area contributed by atoms with Crippen molar-refractivity contribution < 1.29 is 0 Å². The highest BCUT2D eigenvalue weighted by Gasteiger charge is 2.08. The van der Waals surface area contributed by atoms with Crippen LogP contribution in [0.2, 0.25) is 0 Å². The summed E-state index contributed by atoms with van der Waals surface area (Å²) in [6, 6.07) is 0. The summed E-state index contributed by atoms with van der Waals surface area (Å²) in [4.78, 5) is 8.23. The molecule has 78 valence electrons. The van der Waals surface area contributed by atoms with E-state index in [9.17, 15) is 0 Å². The molecule has 0 radical (unpaired) electrons. The Hall–Kier alpha value is -1.91. The molecule has 0 saturated heterocycles. The topological polar surface area (TPSA) is 69.6 Å². The van der Waals surface area contributed by atoms with Crippen molar-refractivity contribution in [1.82, 2.24) is 19.7 Å². The van der Waals surface area contributed by atoms with Gasteiger partial charge in [0, 0.05) is 17.8 Å². The Morgan fingerprint density at radius 3 is 2.60 bits per heavy atom. The number of nitrogens with two attached hydrogens (primary N) is 1. The molecule has 2 N–H and O–H groups in total. The van der Waals surface area contributed by atoms with E-state index in [1.807, 2.05) is 11.6 Å². The van der Waals surface area contributed by atoms with E-state index in [1.165, 1.54) is 0 Å². The molecule has 0 bridgehead atoms. The van der Waals surface area contributed by atoms with Gasteiger partial charge in [-0.2, -0.15) is 5.10 Å². The molecule has 2 rings (SSSR count). The van der Waals surface area contributed by atoms with E-state index in [0.717, 1.165) is 23.5 Å². The molecule has 0 aliphatic carbocycles. The van der Waals surface area contributed by atoms with Gasteiger partial charge >= 0.3 is 0 Å². The standard InChI is InChI=1S/C10H13N5/c1-3-15-7(2)8(4-14-15)9-5-13-10(11)6-12-9/h4-6H,3H2,1-2H3,(H2,11,13). The molecule has 5 heteroatoms. The van der Waals surface area contributed by atoms with Crippen LogP contribution in [-0.4, -0.2) is 19.7 Å². The van der Waals surface area contributed by atoms with E-state index in [1.54, 1.807) is 18.6 Å². The van der Waals surface area contributed by atoms with Gasteiger partial charge in [-0.05, 0) is 13.8 Å². The fourth-order valence-corrected chi connectivity index (χ4v) is 1.49. The smallest absolute Gasteiger partial charge is 0.141 e. The van der Waals surface area contributed by atoms with Crippen molar-refractivity contribution in [3.63, 3.8) is 0 Å². The van der Waals surface area contributed by atoms with Crippen LogP contribution in [0.15, 0.2) is 18.6 Å². The Bertz CT molecular complexity index is 457. The molecule has 0 amide bonds. The molecule has 0 aromatic carbocycles. The molecule has 2 heterocycles. The fourth-order valence-electron chi connectivity index (χ4n) is 1.49. The number of rotatable bonds is 2. The molecule has 0 saturated carbocycles. The Kier molecular flexibility index (Phi) is 2.37. The monoisotopic (exact) mass is 203 g/mol. The van der Waals surface area contributed by atoms with Gasteiger partial charge in [0.05, 0.1) is 24.3 Å². The highest BCUT2D eigenvalue weighted by Crippen LogP contribution is 2.20. The SMILES string of the molecule is CCn1ncc(-c2cnc(N)cn2)c1C. The molecule has 0 aliphatic rings. The van der Waals surface area contributed by atoms with E-state index < -0.39 is 0 Å². The van der Waals surface area contributed by atoms with Gasteiger partial charge in [0.2, 0.25) is 0 Å². The third-order valence-corrected chi connectivity index (χ3v) is 2.35. The molecule has 0 fully saturated rings. The van der Waals surface area contributed by atoms with Gasteiger partial charge in [0.1, 0.15) is 5.82 Å².